The molecule has 0 atom stereocenters. The second-order valence-corrected chi connectivity index (χ2v) is 6.10. The molecular formula is C15H30N2. The zero-order valence-electron chi connectivity index (χ0n) is 11.3. The van der Waals surface area contributed by atoms with Gasteiger partial charge in [-0.3, -0.25) is 0 Å². The SMILES string of the molecule is NCCCCCCCNCC(C1CC1)C1CC1. The summed E-state index contributed by atoms with van der Waals surface area (Å²) < 4.78 is 0. The monoisotopic (exact) mass is 238 g/mol. The average molecular weight is 238 g/mol. The molecule has 0 saturated heterocycles. The van der Waals surface area contributed by atoms with E-state index in [2.05, 4.69) is 5.32 Å². The van der Waals surface area contributed by atoms with Crippen LogP contribution in [0.5, 0.6) is 0 Å². The third kappa shape index (κ3) is 5.39. The second kappa shape index (κ2) is 7.38. The Hall–Kier alpha value is -0.0800. The summed E-state index contributed by atoms with van der Waals surface area (Å²) in [5.41, 5.74) is 5.48. The molecule has 0 amide bonds. The predicted molar refractivity (Wildman–Crippen MR) is 73.9 cm³/mol. The van der Waals surface area contributed by atoms with Gasteiger partial charge >= 0.3 is 0 Å². The lowest BCUT2D eigenvalue weighted by atomic mass is 9.98. The molecule has 0 radical (unpaired) electrons. The van der Waals surface area contributed by atoms with E-state index in [-0.39, 0.29) is 0 Å². The molecule has 2 rings (SSSR count). The Labute approximate surface area is 107 Å². The van der Waals surface area contributed by atoms with Crippen LogP contribution >= 0.6 is 0 Å². The van der Waals surface area contributed by atoms with Crippen LogP contribution < -0.4 is 11.1 Å². The van der Waals surface area contributed by atoms with Crippen LogP contribution in [0.4, 0.5) is 0 Å². The van der Waals surface area contributed by atoms with E-state index in [0.29, 0.717) is 0 Å². The third-order valence-electron chi connectivity index (χ3n) is 4.39. The van der Waals surface area contributed by atoms with Gasteiger partial charge in [-0.1, -0.05) is 19.3 Å². The van der Waals surface area contributed by atoms with Crippen molar-refractivity contribution in [2.45, 2.75) is 57.8 Å². The summed E-state index contributed by atoms with van der Waals surface area (Å²) in [4.78, 5) is 0. The third-order valence-corrected chi connectivity index (χ3v) is 4.39. The lowest BCUT2D eigenvalue weighted by Crippen LogP contribution is -2.26. The molecule has 17 heavy (non-hydrogen) atoms. The van der Waals surface area contributed by atoms with Crippen LogP contribution in [0.25, 0.3) is 0 Å². The molecule has 2 aliphatic carbocycles. The normalized spacial score (nSPS) is 20.1. The van der Waals surface area contributed by atoms with Gasteiger partial charge in [-0.2, -0.15) is 0 Å². The van der Waals surface area contributed by atoms with Crippen LogP contribution in [-0.2, 0) is 0 Å². The molecular weight excluding hydrogens is 208 g/mol. The number of hydrogen-bond donors (Lipinski definition) is 2. The molecule has 2 aliphatic rings. The maximum atomic E-state index is 5.48. The van der Waals surface area contributed by atoms with E-state index in [1.54, 1.807) is 0 Å². The molecule has 3 N–H and O–H groups in total. The lowest BCUT2D eigenvalue weighted by Gasteiger charge is -2.16. The Bertz CT molecular complexity index is 185. The summed E-state index contributed by atoms with van der Waals surface area (Å²) in [6.07, 6.45) is 12.7. The molecule has 0 aromatic carbocycles. The molecule has 0 bridgehead atoms. The fraction of sp³-hybridized carbons (Fsp3) is 1.00. The summed E-state index contributed by atoms with van der Waals surface area (Å²) in [5.74, 6) is 3.23. The fourth-order valence-corrected chi connectivity index (χ4v) is 2.96. The van der Waals surface area contributed by atoms with Crippen LogP contribution in [-0.4, -0.2) is 19.6 Å². The van der Waals surface area contributed by atoms with E-state index in [1.165, 1.54) is 70.9 Å². The van der Waals surface area contributed by atoms with Crippen molar-refractivity contribution in [3.63, 3.8) is 0 Å². The van der Waals surface area contributed by atoms with Crippen molar-refractivity contribution in [2.75, 3.05) is 19.6 Å². The van der Waals surface area contributed by atoms with Gasteiger partial charge in [-0.15, -0.1) is 0 Å². The fourth-order valence-electron chi connectivity index (χ4n) is 2.96. The molecule has 2 nitrogen and oxygen atoms in total. The maximum Gasteiger partial charge on any atom is -0.00152 e. The molecule has 2 fully saturated rings. The minimum Gasteiger partial charge on any atom is -0.330 e. The second-order valence-electron chi connectivity index (χ2n) is 6.10. The maximum absolute atomic E-state index is 5.48. The van der Waals surface area contributed by atoms with Gasteiger partial charge in [0.2, 0.25) is 0 Å². The summed E-state index contributed by atoms with van der Waals surface area (Å²) >= 11 is 0. The largest absolute Gasteiger partial charge is 0.330 e. The van der Waals surface area contributed by atoms with Gasteiger partial charge in [0.1, 0.15) is 0 Å². The van der Waals surface area contributed by atoms with Gasteiger partial charge in [-0.05, 0) is 75.9 Å². The first-order chi connectivity index (χ1) is 8.42. The highest BCUT2D eigenvalue weighted by atomic mass is 14.9. The number of unbranched alkanes of at least 4 members (excludes halogenated alkanes) is 4. The summed E-state index contributed by atoms with van der Waals surface area (Å²) in [6.45, 7) is 3.40. The number of nitrogens with two attached hydrogens (primary N) is 1. The van der Waals surface area contributed by atoms with Crippen molar-refractivity contribution < 1.29 is 0 Å². The molecule has 0 spiro atoms. The first-order valence-corrected chi connectivity index (χ1v) is 7.82. The number of hydrogen-bond acceptors (Lipinski definition) is 2. The zero-order chi connectivity index (χ0) is 11.9. The van der Waals surface area contributed by atoms with Crippen molar-refractivity contribution in [1.82, 2.24) is 5.32 Å². The van der Waals surface area contributed by atoms with E-state index in [9.17, 15) is 0 Å². The van der Waals surface area contributed by atoms with E-state index >= 15 is 0 Å². The zero-order valence-corrected chi connectivity index (χ0v) is 11.3. The van der Waals surface area contributed by atoms with Crippen LogP contribution in [0.1, 0.15) is 57.8 Å². The average Bonchev–Trinajstić information content (AvgIpc) is 3.18. The van der Waals surface area contributed by atoms with E-state index in [4.69, 9.17) is 5.73 Å². The van der Waals surface area contributed by atoms with Crippen molar-refractivity contribution >= 4 is 0 Å². The molecule has 2 saturated carbocycles. The predicted octanol–water partition coefficient (Wildman–Crippen LogP) is 2.92. The molecule has 0 aliphatic heterocycles. The molecule has 0 aromatic heterocycles. The molecule has 0 unspecified atom stereocenters. The van der Waals surface area contributed by atoms with Crippen molar-refractivity contribution in [3.8, 4) is 0 Å². The van der Waals surface area contributed by atoms with Gasteiger partial charge in [0.25, 0.3) is 0 Å². The van der Waals surface area contributed by atoms with Gasteiger partial charge in [0, 0.05) is 0 Å². The van der Waals surface area contributed by atoms with Crippen LogP contribution in [0.15, 0.2) is 0 Å². The number of nitrogens with one attached hydrogen (secondary N) is 1. The molecule has 100 valence electrons. The van der Waals surface area contributed by atoms with Crippen molar-refractivity contribution in [1.29, 1.82) is 0 Å². The highest BCUT2D eigenvalue weighted by Gasteiger charge is 2.40. The standard InChI is InChI=1S/C15H30N2/c16-10-4-2-1-3-5-11-17-12-15(13-6-7-13)14-8-9-14/h13-15,17H,1-12,16H2. The Morgan fingerprint density at radius 1 is 0.882 bits per heavy atom. The highest BCUT2D eigenvalue weighted by Crippen LogP contribution is 2.48. The molecule has 2 heteroatoms. The molecule has 0 heterocycles. The van der Waals surface area contributed by atoms with E-state index < -0.39 is 0 Å². The molecule has 0 aromatic rings. The number of rotatable bonds is 11. The summed E-state index contributed by atoms with van der Waals surface area (Å²) in [5, 5.41) is 3.69. The first kappa shape index (κ1) is 13.4. The van der Waals surface area contributed by atoms with Gasteiger partial charge in [0.15, 0.2) is 0 Å². The Kier molecular flexibility index (Phi) is 5.79. The van der Waals surface area contributed by atoms with Crippen LogP contribution in [0.3, 0.4) is 0 Å². The lowest BCUT2D eigenvalue weighted by molar-refractivity contribution is 0.377. The Morgan fingerprint density at radius 2 is 1.47 bits per heavy atom. The minimum absolute atomic E-state index is 0.864. The van der Waals surface area contributed by atoms with E-state index in [1.807, 2.05) is 0 Å². The van der Waals surface area contributed by atoms with E-state index in [0.717, 1.165) is 24.3 Å². The Morgan fingerprint density at radius 3 is 2.06 bits per heavy atom. The first-order valence-electron chi connectivity index (χ1n) is 7.82. The summed E-state index contributed by atoms with van der Waals surface area (Å²) in [7, 11) is 0. The summed E-state index contributed by atoms with van der Waals surface area (Å²) in [6, 6.07) is 0. The highest BCUT2D eigenvalue weighted by molar-refractivity contribution is 4.92. The van der Waals surface area contributed by atoms with Crippen molar-refractivity contribution in [3.05, 3.63) is 0 Å². The quantitative estimate of drug-likeness (QED) is 0.543. The topological polar surface area (TPSA) is 38.0 Å². The minimum atomic E-state index is 0.864. The van der Waals surface area contributed by atoms with Gasteiger partial charge < -0.3 is 11.1 Å². The van der Waals surface area contributed by atoms with Crippen molar-refractivity contribution in [2.24, 2.45) is 23.5 Å². The smallest absolute Gasteiger partial charge is 0.00152 e. The van der Waals surface area contributed by atoms with Gasteiger partial charge in [0.05, 0.1) is 0 Å². The Balaban J connectivity index is 1.40. The van der Waals surface area contributed by atoms with Gasteiger partial charge in [-0.25, -0.2) is 0 Å². The van der Waals surface area contributed by atoms with Crippen LogP contribution in [0, 0.1) is 17.8 Å². The van der Waals surface area contributed by atoms with Crippen LogP contribution in [0.2, 0.25) is 0 Å².